The van der Waals surface area contributed by atoms with E-state index < -0.39 is 0 Å². The van der Waals surface area contributed by atoms with Gasteiger partial charge in [0.2, 0.25) is 0 Å². The van der Waals surface area contributed by atoms with Crippen molar-refractivity contribution < 1.29 is 0 Å². The molecule has 0 spiro atoms. The van der Waals surface area contributed by atoms with Gasteiger partial charge in [0.05, 0.1) is 6.20 Å². The smallest absolute Gasteiger partial charge is 0.170 e. The molecule has 2 N–H and O–H groups in total. The number of anilines is 1. The van der Waals surface area contributed by atoms with Crippen molar-refractivity contribution in [2.45, 2.75) is 19.9 Å². The van der Waals surface area contributed by atoms with E-state index in [2.05, 4.69) is 34.9 Å². The molecule has 0 saturated carbocycles. The molecule has 0 fully saturated rings. The highest BCUT2D eigenvalue weighted by molar-refractivity contribution is 5.90. The molecule has 0 bridgehead atoms. The van der Waals surface area contributed by atoms with Crippen LogP contribution >= 0.6 is 0 Å². The maximum absolute atomic E-state index is 4.06. The second-order valence-electron chi connectivity index (χ2n) is 3.70. The minimum absolute atomic E-state index is 0.353. The van der Waals surface area contributed by atoms with Crippen LogP contribution in [-0.2, 0) is 0 Å². The molecule has 0 radical (unpaired) electrons. The highest BCUT2D eigenvalue weighted by Crippen LogP contribution is 2.18. The van der Waals surface area contributed by atoms with Gasteiger partial charge in [0.25, 0.3) is 0 Å². The number of rotatable bonds is 3. The zero-order valence-electron chi connectivity index (χ0n) is 8.86. The summed E-state index contributed by atoms with van der Waals surface area (Å²) in [5.74, 6) is 0.766. The van der Waals surface area contributed by atoms with Crippen LogP contribution in [0, 0.1) is 0 Å². The van der Waals surface area contributed by atoms with Gasteiger partial charge in [-0.3, -0.25) is 0 Å². The van der Waals surface area contributed by atoms with Crippen molar-refractivity contribution in [3.63, 3.8) is 0 Å². The molecule has 4 nitrogen and oxygen atoms in total. The van der Waals surface area contributed by atoms with E-state index in [9.17, 15) is 0 Å². The third-order valence-electron chi connectivity index (χ3n) is 2.05. The first-order chi connectivity index (χ1) is 7.27. The molecule has 4 heteroatoms. The van der Waals surface area contributed by atoms with Gasteiger partial charge in [0, 0.05) is 16.8 Å². The van der Waals surface area contributed by atoms with Crippen molar-refractivity contribution in [2.24, 2.45) is 0 Å². The molecule has 0 aliphatic heterocycles. The standard InChI is InChI=1S/C11H14N4/c1-8(2)13-15-11-10-6-4-3-5-9(10)7-12-14-11/h3-8,13H,1-2H3,(H,14,15). The van der Waals surface area contributed by atoms with E-state index in [-0.39, 0.29) is 0 Å². The third-order valence-corrected chi connectivity index (χ3v) is 2.05. The van der Waals surface area contributed by atoms with Gasteiger partial charge in [-0.05, 0) is 13.8 Å². The minimum atomic E-state index is 0.353. The van der Waals surface area contributed by atoms with E-state index in [1.165, 1.54) is 0 Å². The van der Waals surface area contributed by atoms with Gasteiger partial charge in [0.15, 0.2) is 5.82 Å². The summed E-state index contributed by atoms with van der Waals surface area (Å²) in [5.41, 5.74) is 6.16. The first-order valence-corrected chi connectivity index (χ1v) is 4.99. The number of hydrogen-bond donors (Lipinski definition) is 2. The van der Waals surface area contributed by atoms with Gasteiger partial charge in [-0.25, -0.2) is 5.43 Å². The Labute approximate surface area is 88.7 Å². The van der Waals surface area contributed by atoms with Crippen LogP contribution in [0.25, 0.3) is 10.8 Å². The molecular formula is C11H14N4. The van der Waals surface area contributed by atoms with Crippen LogP contribution in [0.5, 0.6) is 0 Å². The summed E-state index contributed by atoms with van der Waals surface area (Å²) < 4.78 is 0. The number of nitrogens with zero attached hydrogens (tertiary/aromatic N) is 2. The maximum atomic E-state index is 4.06. The summed E-state index contributed by atoms with van der Waals surface area (Å²) in [6.45, 7) is 4.12. The molecule has 1 aromatic carbocycles. The fourth-order valence-electron chi connectivity index (χ4n) is 1.33. The Morgan fingerprint density at radius 2 is 2.00 bits per heavy atom. The normalized spacial score (nSPS) is 10.9. The molecule has 2 aromatic rings. The van der Waals surface area contributed by atoms with Gasteiger partial charge in [-0.2, -0.15) is 5.10 Å². The third kappa shape index (κ3) is 2.22. The van der Waals surface area contributed by atoms with Crippen molar-refractivity contribution >= 4 is 16.6 Å². The lowest BCUT2D eigenvalue weighted by atomic mass is 10.2. The lowest BCUT2D eigenvalue weighted by Crippen LogP contribution is -2.29. The zero-order valence-corrected chi connectivity index (χ0v) is 8.86. The van der Waals surface area contributed by atoms with E-state index >= 15 is 0 Å². The van der Waals surface area contributed by atoms with Crippen molar-refractivity contribution in [2.75, 3.05) is 5.43 Å². The predicted octanol–water partition coefficient (Wildman–Crippen LogP) is 1.95. The van der Waals surface area contributed by atoms with Crippen molar-refractivity contribution in [3.05, 3.63) is 30.5 Å². The van der Waals surface area contributed by atoms with E-state index in [0.717, 1.165) is 16.6 Å². The highest BCUT2D eigenvalue weighted by Gasteiger charge is 2.01. The molecule has 0 unspecified atom stereocenters. The van der Waals surface area contributed by atoms with Crippen molar-refractivity contribution in [3.8, 4) is 0 Å². The number of aromatic nitrogens is 2. The molecule has 1 aromatic heterocycles. The number of nitrogens with one attached hydrogen (secondary N) is 2. The molecule has 0 atom stereocenters. The lowest BCUT2D eigenvalue weighted by molar-refractivity contribution is 0.656. The summed E-state index contributed by atoms with van der Waals surface area (Å²) >= 11 is 0. The number of benzene rings is 1. The van der Waals surface area contributed by atoms with Crippen LogP contribution in [0.1, 0.15) is 13.8 Å². The molecule has 0 aliphatic rings. The number of hydrogen-bond acceptors (Lipinski definition) is 4. The Bertz CT molecular complexity index is 448. The Morgan fingerprint density at radius 1 is 1.20 bits per heavy atom. The van der Waals surface area contributed by atoms with Crippen molar-refractivity contribution in [1.29, 1.82) is 0 Å². The summed E-state index contributed by atoms with van der Waals surface area (Å²) in [6, 6.07) is 8.37. The minimum Gasteiger partial charge on any atom is -0.304 e. The van der Waals surface area contributed by atoms with Gasteiger partial charge in [-0.1, -0.05) is 24.3 Å². The van der Waals surface area contributed by atoms with Crippen LogP contribution in [-0.4, -0.2) is 16.2 Å². The maximum Gasteiger partial charge on any atom is 0.170 e. The van der Waals surface area contributed by atoms with Crippen molar-refractivity contribution in [1.82, 2.24) is 15.6 Å². The van der Waals surface area contributed by atoms with E-state index in [0.29, 0.717) is 6.04 Å². The summed E-state index contributed by atoms with van der Waals surface area (Å²) in [7, 11) is 0. The van der Waals surface area contributed by atoms with Crippen LogP contribution in [0.4, 0.5) is 5.82 Å². The highest BCUT2D eigenvalue weighted by atomic mass is 15.4. The topological polar surface area (TPSA) is 49.8 Å². The Kier molecular flexibility index (Phi) is 2.78. The Morgan fingerprint density at radius 3 is 2.80 bits per heavy atom. The average molecular weight is 202 g/mol. The van der Waals surface area contributed by atoms with E-state index in [1.54, 1.807) is 6.20 Å². The Hall–Kier alpha value is -1.68. The lowest BCUT2D eigenvalue weighted by Gasteiger charge is -2.11. The van der Waals surface area contributed by atoms with Crippen LogP contribution in [0.2, 0.25) is 0 Å². The van der Waals surface area contributed by atoms with E-state index in [1.807, 2.05) is 24.3 Å². The van der Waals surface area contributed by atoms with Gasteiger partial charge in [0.1, 0.15) is 0 Å². The quantitative estimate of drug-likeness (QED) is 0.747. The van der Waals surface area contributed by atoms with E-state index in [4.69, 9.17) is 0 Å². The summed E-state index contributed by atoms with van der Waals surface area (Å²) in [5, 5.41) is 10.1. The van der Waals surface area contributed by atoms with Gasteiger partial charge < -0.3 is 5.43 Å². The Balaban J connectivity index is 2.34. The van der Waals surface area contributed by atoms with Crippen LogP contribution in [0.3, 0.4) is 0 Å². The first-order valence-electron chi connectivity index (χ1n) is 4.99. The predicted molar refractivity (Wildman–Crippen MR) is 61.4 cm³/mol. The summed E-state index contributed by atoms with van der Waals surface area (Å²) in [4.78, 5) is 0. The first kappa shape index (κ1) is 9.86. The van der Waals surface area contributed by atoms with Crippen LogP contribution in [0.15, 0.2) is 30.5 Å². The fourth-order valence-corrected chi connectivity index (χ4v) is 1.33. The molecule has 15 heavy (non-hydrogen) atoms. The average Bonchev–Trinajstić information content (AvgIpc) is 2.26. The second kappa shape index (κ2) is 4.23. The van der Waals surface area contributed by atoms with Gasteiger partial charge in [-0.15, -0.1) is 5.10 Å². The monoisotopic (exact) mass is 202 g/mol. The zero-order chi connectivity index (χ0) is 10.7. The number of fused-ring (bicyclic) bond motifs is 1. The molecule has 0 aliphatic carbocycles. The van der Waals surface area contributed by atoms with Gasteiger partial charge >= 0.3 is 0 Å². The molecule has 2 rings (SSSR count). The fraction of sp³-hybridized carbons (Fsp3) is 0.273. The summed E-state index contributed by atoms with van der Waals surface area (Å²) in [6.07, 6.45) is 1.76. The van der Waals surface area contributed by atoms with Crippen LogP contribution < -0.4 is 10.9 Å². The molecule has 78 valence electrons. The number of hydrazine groups is 1. The SMILES string of the molecule is CC(C)NNc1nncc2ccccc12. The molecular weight excluding hydrogens is 188 g/mol. The second-order valence-corrected chi connectivity index (χ2v) is 3.70. The molecule has 0 saturated heterocycles. The molecule has 1 heterocycles. The molecule has 0 amide bonds. The largest absolute Gasteiger partial charge is 0.304 e.